The average molecular weight is 337 g/mol. The second-order valence-corrected chi connectivity index (χ2v) is 7.18. The molecule has 0 radical (unpaired) electrons. The highest BCUT2D eigenvalue weighted by atomic mass is 16.2. The van der Waals surface area contributed by atoms with Gasteiger partial charge in [-0.25, -0.2) is 0 Å². The largest absolute Gasteiger partial charge is 0.399 e. The summed E-state index contributed by atoms with van der Waals surface area (Å²) in [5.74, 6) is 0.174. The van der Waals surface area contributed by atoms with Gasteiger partial charge in [0.2, 0.25) is 5.91 Å². The van der Waals surface area contributed by atoms with Crippen LogP contribution in [0.15, 0.2) is 24.4 Å². The van der Waals surface area contributed by atoms with E-state index < -0.39 is 0 Å². The number of hydrogen-bond donors (Lipinski definition) is 1. The van der Waals surface area contributed by atoms with E-state index in [1.807, 2.05) is 29.3 Å². The molecule has 6 nitrogen and oxygen atoms in total. The van der Waals surface area contributed by atoms with Crippen molar-refractivity contribution in [2.24, 2.45) is 0 Å². The molecule has 1 aromatic carbocycles. The van der Waals surface area contributed by atoms with E-state index in [1.54, 1.807) is 6.92 Å². The lowest BCUT2D eigenvalue weighted by atomic mass is 9.99. The zero-order chi connectivity index (χ0) is 17.6. The summed E-state index contributed by atoms with van der Waals surface area (Å²) in [6.45, 7) is 5.45. The van der Waals surface area contributed by atoms with Crippen LogP contribution < -0.4 is 5.73 Å². The van der Waals surface area contributed by atoms with Crippen molar-refractivity contribution >= 4 is 22.5 Å². The second-order valence-electron chi connectivity index (χ2n) is 7.18. The Morgan fingerprint density at radius 1 is 1.24 bits per heavy atom. The lowest BCUT2D eigenvalue weighted by Gasteiger charge is -2.47. The molecule has 0 atom stereocenters. The Morgan fingerprint density at radius 2 is 1.96 bits per heavy atom. The molecule has 130 valence electrons. The Kier molecular flexibility index (Phi) is 3.89. The average Bonchev–Trinajstić information content (AvgIpc) is 2.91. The molecule has 6 heteroatoms. The molecule has 4 rings (SSSR count). The summed E-state index contributed by atoms with van der Waals surface area (Å²) in [5, 5.41) is 10.4. The topological polar surface area (TPSA) is 78.3 Å². The van der Waals surface area contributed by atoms with E-state index in [1.165, 1.54) is 0 Å². The Bertz CT molecular complexity index is 851. The predicted molar refractivity (Wildman–Crippen MR) is 97.0 cm³/mol. The Balaban J connectivity index is 1.47. The number of piperidine rings is 1. The highest BCUT2D eigenvalue weighted by Crippen LogP contribution is 2.32. The first-order valence-electron chi connectivity index (χ1n) is 8.86. The molecule has 2 aliphatic heterocycles. The van der Waals surface area contributed by atoms with Crippen molar-refractivity contribution in [1.29, 1.82) is 5.26 Å². The van der Waals surface area contributed by atoms with Gasteiger partial charge in [-0.1, -0.05) is 0 Å². The highest BCUT2D eigenvalue weighted by Gasteiger charge is 2.35. The number of anilines is 1. The summed E-state index contributed by atoms with van der Waals surface area (Å²) in [7, 11) is 0. The Morgan fingerprint density at radius 3 is 2.60 bits per heavy atom. The lowest BCUT2D eigenvalue weighted by molar-refractivity contribution is -0.136. The third kappa shape index (κ3) is 2.75. The zero-order valence-corrected chi connectivity index (χ0v) is 14.5. The zero-order valence-electron chi connectivity index (χ0n) is 14.5. The summed E-state index contributed by atoms with van der Waals surface area (Å²) in [4.78, 5) is 15.7. The van der Waals surface area contributed by atoms with Crippen LogP contribution in [-0.4, -0.2) is 52.5 Å². The van der Waals surface area contributed by atoms with Crippen LogP contribution in [0.25, 0.3) is 10.9 Å². The van der Waals surface area contributed by atoms with Crippen molar-refractivity contribution in [3.8, 4) is 6.07 Å². The number of fused-ring (bicyclic) bond motifs is 1. The standard InChI is InChI=1S/C19H23N5O/c1-13(25)23-11-17(12-23)22-6-4-16(5-7-22)24-10-14(9-20)18-8-15(21)2-3-19(18)24/h2-3,8,10,16-17H,4-7,11-12,21H2,1H3. The molecular weight excluding hydrogens is 314 g/mol. The van der Waals surface area contributed by atoms with Crippen molar-refractivity contribution in [3.63, 3.8) is 0 Å². The van der Waals surface area contributed by atoms with Gasteiger partial charge in [0.25, 0.3) is 0 Å². The monoisotopic (exact) mass is 337 g/mol. The van der Waals surface area contributed by atoms with Gasteiger partial charge in [0.1, 0.15) is 6.07 Å². The van der Waals surface area contributed by atoms with Crippen LogP contribution in [0.5, 0.6) is 0 Å². The van der Waals surface area contributed by atoms with Gasteiger partial charge >= 0.3 is 0 Å². The van der Waals surface area contributed by atoms with Gasteiger partial charge in [0.15, 0.2) is 0 Å². The summed E-state index contributed by atoms with van der Waals surface area (Å²) >= 11 is 0. The number of amides is 1. The van der Waals surface area contributed by atoms with Crippen LogP contribution in [0.4, 0.5) is 5.69 Å². The smallest absolute Gasteiger partial charge is 0.219 e. The molecule has 2 N–H and O–H groups in total. The number of nitriles is 1. The first kappa shape index (κ1) is 16.0. The molecule has 0 bridgehead atoms. The van der Waals surface area contributed by atoms with E-state index >= 15 is 0 Å². The number of likely N-dealkylation sites (tertiary alicyclic amines) is 2. The van der Waals surface area contributed by atoms with E-state index in [0.29, 0.717) is 23.3 Å². The normalized spacial score (nSPS) is 19.8. The van der Waals surface area contributed by atoms with Crippen LogP contribution in [0.3, 0.4) is 0 Å². The van der Waals surface area contributed by atoms with Crippen LogP contribution in [0.1, 0.15) is 31.4 Å². The summed E-state index contributed by atoms with van der Waals surface area (Å²) in [6, 6.07) is 9.04. The maximum absolute atomic E-state index is 11.3. The minimum atomic E-state index is 0.174. The van der Waals surface area contributed by atoms with Gasteiger partial charge in [0, 0.05) is 68.0 Å². The van der Waals surface area contributed by atoms with Crippen LogP contribution in [0.2, 0.25) is 0 Å². The highest BCUT2D eigenvalue weighted by molar-refractivity contribution is 5.89. The fourth-order valence-electron chi connectivity index (χ4n) is 4.14. The minimum Gasteiger partial charge on any atom is -0.399 e. The van der Waals surface area contributed by atoms with Gasteiger partial charge < -0.3 is 15.2 Å². The number of carbonyl (C=O) groups is 1. The van der Waals surface area contributed by atoms with Gasteiger partial charge in [-0.15, -0.1) is 0 Å². The van der Waals surface area contributed by atoms with Crippen molar-refractivity contribution < 1.29 is 4.79 Å². The van der Waals surface area contributed by atoms with Gasteiger partial charge in [-0.2, -0.15) is 5.26 Å². The summed E-state index contributed by atoms with van der Waals surface area (Å²) in [5.41, 5.74) is 8.37. The molecule has 0 spiro atoms. The molecule has 2 saturated heterocycles. The number of nitrogens with two attached hydrogens (primary N) is 1. The molecule has 0 saturated carbocycles. The van der Waals surface area contributed by atoms with Gasteiger partial charge in [0.05, 0.1) is 5.56 Å². The van der Waals surface area contributed by atoms with Crippen molar-refractivity contribution in [1.82, 2.24) is 14.4 Å². The van der Waals surface area contributed by atoms with Crippen LogP contribution in [0, 0.1) is 11.3 Å². The SMILES string of the molecule is CC(=O)N1CC(N2CCC(n3cc(C#N)c4cc(N)ccc43)CC2)C1. The van der Waals surface area contributed by atoms with E-state index in [4.69, 9.17) is 5.73 Å². The third-order valence-corrected chi connectivity index (χ3v) is 5.69. The molecule has 0 aliphatic carbocycles. The minimum absolute atomic E-state index is 0.174. The van der Waals surface area contributed by atoms with Crippen molar-refractivity contribution in [2.75, 3.05) is 31.9 Å². The molecule has 25 heavy (non-hydrogen) atoms. The number of rotatable bonds is 2. The molecule has 2 fully saturated rings. The molecule has 3 heterocycles. The van der Waals surface area contributed by atoms with Gasteiger partial charge in [-0.3, -0.25) is 9.69 Å². The third-order valence-electron chi connectivity index (χ3n) is 5.69. The molecule has 2 aliphatic rings. The molecule has 1 aromatic heterocycles. The summed E-state index contributed by atoms with van der Waals surface area (Å²) in [6.07, 6.45) is 4.11. The number of aromatic nitrogens is 1. The van der Waals surface area contributed by atoms with E-state index in [-0.39, 0.29) is 5.91 Å². The number of nitrogen functional groups attached to an aromatic ring is 1. The first-order chi connectivity index (χ1) is 12.1. The predicted octanol–water partition coefficient (Wildman–Crippen LogP) is 1.96. The molecular formula is C19H23N5O. The maximum atomic E-state index is 11.3. The molecule has 0 unspecified atom stereocenters. The Hall–Kier alpha value is -2.52. The number of hydrogen-bond acceptors (Lipinski definition) is 4. The second kappa shape index (κ2) is 6.08. The quantitative estimate of drug-likeness (QED) is 0.850. The molecule has 2 aromatic rings. The van der Waals surface area contributed by atoms with Crippen molar-refractivity contribution in [3.05, 3.63) is 30.0 Å². The maximum Gasteiger partial charge on any atom is 0.219 e. The van der Waals surface area contributed by atoms with E-state index in [9.17, 15) is 10.1 Å². The Labute approximate surface area is 147 Å². The lowest BCUT2D eigenvalue weighted by Crippen LogP contribution is -2.61. The molecule has 1 amide bonds. The van der Waals surface area contributed by atoms with E-state index in [0.717, 1.165) is 49.9 Å². The van der Waals surface area contributed by atoms with Gasteiger partial charge in [-0.05, 0) is 31.0 Å². The number of nitrogens with zero attached hydrogens (tertiary/aromatic N) is 4. The fraction of sp³-hybridized carbons (Fsp3) is 0.474. The first-order valence-corrected chi connectivity index (χ1v) is 8.86. The van der Waals surface area contributed by atoms with Crippen molar-refractivity contribution in [2.45, 2.75) is 31.8 Å². The van der Waals surface area contributed by atoms with E-state index in [2.05, 4.69) is 15.5 Å². The van der Waals surface area contributed by atoms with Crippen LogP contribution in [-0.2, 0) is 4.79 Å². The fourth-order valence-corrected chi connectivity index (χ4v) is 4.14. The number of carbonyl (C=O) groups excluding carboxylic acids is 1. The van der Waals surface area contributed by atoms with Crippen LogP contribution >= 0.6 is 0 Å². The summed E-state index contributed by atoms with van der Waals surface area (Å²) < 4.78 is 2.26. The number of benzene rings is 1.